The molecule has 2 heterocycles. The third kappa shape index (κ3) is 4.51. The number of aromatic nitrogens is 1. The molecule has 1 atom stereocenters. The lowest BCUT2D eigenvalue weighted by atomic mass is 10.0. The van der Waals surface area contributed by atoms with Crippen molar-refractivity contribution in [1.82, 2.24) is 15.2 Å². The van der Waals surface area contributed by atoms with Gasteiger partial charge in [0.05, 0.1) is 16.1 Å². The summed E-state index contributed by atoms with van der Waals surface area (Å²) in [6, 6.07) is 7.51. The Morgan fingerprint density at radius 1 is 1.26 bits per heavy atom. The van der Waals surface area contributed by atoms with Crippen LogP contribution in [-0.2, 0) is 0 Å². The molecule has 0 aliphatic carbocycles. The van der Waals surface area contributed by atoms with Crippen molar-refractivity contribution in [2.24, 2.45) is 0 Å². The van der Waals surface area contributed by atoms with E-state index in [0.717, 1.165) is 0 Å². The van der Waals surface area contributed by atoms with E-state index in [-0.39, 0.29) is 46.7 Å². The molecule has 3 N–H and O–H groups in total. The standard InChI is InChI=1S/C23H22BrN5O5/c1-25-22(31)16-8-14(24)9-18(29(33)34)21(16)27-15-5-3-7-28(12-15)23(32)17-11-26-10-13-4-2-6-19(30)20(13)17/h2,4,6,8-11,15,27,30H,3,5,7,12H2,1H3,(H,25,31). The van der Waals surface area contributed by atoms with E-state index in [4.69, 9.17) is 0 Å². The molecule has 1 saturated heterocycles. The summed E-state index contributed by atoms with van der Waals surface area (Å²) in [6.45, 7) is 0.759. The maximum absolute atomic E-state index is 13.4. The van der Waals surface area contributed by atoms with Crippen molar-refractivity contribution >= 4 is 49.9 Å². The van der Waals surface area contributed by atoms with Crippen LogP contribution in [0, 0.1) is 10.1 Å². The zero-order valence-corrected chi connectivity index (χ0v) is 19.8. The van der Waals surface area contributed by atoms with Crippen LogP contribution in [0.2, 0.25) is 0 Å². The van der Waals surface area contributed by atoms with Crippen molar-refractivity contribution in [2.75, 3.05) is 25.5 Å². The monoisotopic (exact) mass is 527 g/mol. The van der Waals surface area contributed by atoms with Crippen LogP contribution in [0.1, 0.15) is 33.6 Å². The van der Waals surface area contributed by atoms with E-state index in [1.54, 1.807) is 23.2 Å². The maximum atomic E-state index is 13.4. The minimum Gasteiger partial charge on any atom is -0.507 e. The number of likely N-dealkylation sites (tertiary alicyclic amines) is 1. The number of amides is 2. The van der Waals surface area contributed by atoms with E-state index in [0.29, 0.717) is 34.6 Å². The SMILES string of the molecule is CNC(=O)c1cc(Br)cc([N+](=O)[O-])c1NC1CCCN(C(=O)c2cncc3cccc(O)c23)C1. The van der Waals surface area contributed by atoms with Crippen LogP contribution in [-0.4, -0.2) is 57.9 Å². The number of aromatic hydroxyl groups is 1. The molecule has 10 nitrogen and oxygen atoms in total. The summed E-state index contributed by atoms with van der Waals surface area (Å²) in [5, 5.41) is 28.8. The second kappa shape index (κ2) is 9.64. The number of hydrogen-bond donors (Lipinski definition) is 3. The number of nitro groups is 1. The van der Waals surface area contributed by atoms with Crippen molar-refractivity contribution in [3.63, 3.8) is 0 Å². The Bertz CT molecular complexity index is 1290. The lowest BCUT2D eigenvalue weighted by Gasteiger charge is -2.34. The summed E-state index contributed by atoms with van der Waals surface area (Å²) in [5.41, 5.74) is 0.294. The number of carbonyl (C=O) groups is 2. The lowest BCUT2D eigenvalue weighted by molar-refractivity contribution is -0.384. The normalized spacial score (nSPS) is 15.7. The topological polar surface area (TPSA) is 138 Å². The number of piperidine rings is 1. The molecule has 1 aliphatic heterocycles. The average molecular weight is 528 g/mol. The molecule has 0 radical (unpaired) electrons. The first kappa shape index (κ1) is 23.4. The maximum Gasteiger partial charge on any atom is 0.294 e. The molecule has 1 fully saturated rings. The molecule has 0 saturated carbocycles. The van der Waals surface area contributed by atoms with Crippen molar-refractivity contribution in [2.45, 2.75) is 18.9 Å². The van der Waals surface area contributed by atoms with Gasteiger partial charge in [0.25, 0.3) is 17.5 Å². The Balaban J connectivity index is 1.64. The second-order valence-electron chi connectivity index (χ2n) is 7.98. The van der Waals surface area contributed by atoms with E-state index in [1.165, 1.54) is 31.4 Å². The number of benzene rings is 2. The van der Waals surface area contributed by atoms with Crippen LogP contribution in [0.5, 0.6) is 5.75 Å². The smallest absolute Gasteiger partial charge is 0.294 e. The van der Waals surface area contributed by atoms with Crippen LogP contribution in [0.3, 0.4) is 0 Å². The molecular weight excluding hydrogens is 506 g/mol. The zero-order valence-electron chi connectivity index (χ0n) is 18.2. The third-order valence-corrected chi connectivity index (χ3v) is 6.26. The van der Waals surface area contributed by atoms with Gasteiger partial charge in [-0.25, -0.2) is 0 Å². The summed E-state index contributed by atoms with van der Waals surface area (Å²) in [7, 11) is 1.45. The van der Waals surface area contributed by atoms with Crippen LogP contribution in [0.25, 0.3) is 10.8 Å². The number of fused-ring (bicyclic) bond motifs is 1. The highest BCUT2D eigenvalue weighted by Crippen LogP contribution is 2.34. The van der Waals surface area contributed by atoms with E-state index in [9.17, 15) is 24.8 Å². The van der Waals surface area contributed by atoms with E-state index in [1.807, 2.05) is 0 Å². The predicted octanol–water partition coefficient (Wildman–Crippen LogP) is 3.69. The first-order chi connectivity index (χ1) is 16.3. The Kier molecular flexibility index (Phi) is 6.64. The van der Waals surface area contributed by atoms with Gasteiger partial charge in [0.1, 0.15) is 11.4 Å². The van der Waals surface area contributed by atoms with Gasteiger partial charge in [-0.1, -0.05) is 28.1 Å². The quantitative estimate of drug-likeness (QED) is 0.339. The second-order valence-corrected chi connectivity index (χ2v) is 8.90. The molecule has 11 heteroatoms. The fourth-order valence-electron chi connectivity index (χ4n) is 4.23. The fourth-order valence-corrected chi connectivity index (χ4v) is 4.68. The summed E-state index contributed by atoms with van der Waals surface area (Å²) in [6.07, 6.45) is 4.33. The van der Waals surface area contributed by atoms with Crippen molar-refractivity contribution in [1.29, 1.82) is 0 Å². The number of phenolic OH excluding ortho intramolecular Hbond substituents is 1. The summed E-state index contributed by atoms with van der Waals surface area (Å²) >= 11 is 3.23. The van der Waals surface area contributed by atoms with Gasteiger partial charge in [-0.2, -0.15) is 0 Å². The first-order valence-corrected chi connectivity index (χ1v) is 11.4. The van der Waals surface area contributed by atoms with Gasteiger partial charge in [0.15, 0.2) is 0 Å². The number of carbonyl (C=O) groups excluding carboxylic acids is 2. The Morgan fingerprint density at radius 3 is 2.79 bits per heavy atom. The minimum absolute atomic E-state index is 0.00404. The number of nitrogens with zero attached hydrogens (tertiary/aromatic N) is 3. The number of phenols is 1. The van der Waals surface area contributed by atoms with Gasteiger partial charge >= 0.3 is 0 Å². The van der Waals surface area contributed by atoms with Crippen molar-refractivity contribution in [3.05, 3.63) is 68.4 Å². The zero-order chi connectivity index (χ0) is 24.4. The molecule has 3 aromatic rings. The third-order valence-electron chi connectivity index (χ3n) is 5.80. The Morgan fingerprint density at radius 2 is 2.06 bits per heavy atom. The number of halogens is 1. The summed E-state index contributed by atoms with van der Waals surface area (Å²) < 4.78 is 0.409. The molecule has 4 rings (SSSR count). The molecular formula is C23H22BrN5O5. The van der Waals surface area contributed by atoms with E-state index >= 15 is 0 Å². The molecule has 34 heavy (non-hydrogen) atoms. The van der Waals surface area contributed by atoms with Gasteiger partial charge in [0.2, 0.25) is 0 Å². The number of rotatable bonds is 5. The van der Waals surface area contributed by atoms with E-state index in [2.05, 4.69) is 31.5 Å². The molecule has 1 aromatic heterocycles. The largest absolute Gasteiger partial charge is 0.507 e. The van der Waals surface area contributed by atoms with Crippen LogP contribution in [0.4, 0.5) is 11.4 Å². The summed E-state index contributed by atoms with van der Waals surface area (Å²) in [4.78, 5) is 42.7. The number of nitrogens with one attached hydrogen (secondary N) is 2. The average Bonchev–Trinajstić information content (AvgIpc) is 2.83. The van der Waals surface area contributed by atoms with Crippen LogP contribution >= 0.6 is 15.9 Å². The molecule has 176 valence electrons. The van der Waals surface area contributed by atoms with E-state index < -0.39 is 10.8 Å². The molecule has 2 aromatic carbocycles. The van der Waals surface area contributed by atoms with Gasteiger partial charge in [-0.3, -0.25) is 24.7 Å². The number of pyridine rings is 1. The van der Waals surface area contributed by atoms with Gasteiger partial charge < -0.3 is 20.6 Å². The van der Waals surface area contributed by atoms with Gasteiger partial charge in [-0.05, 0) is 25.0 Å². The Labute approximate surface area is 203 Å². The van der Waals surface area contributed by atoms with Gasteiger partial charge in [0, 0.05) is 59.9 Å². The number of nitro benzene ring substituents is 1. The molecule has 1 unspecified atom stereocenters. The van der Waals surface area contributed by atoms with Crippen LogP contribution in [0.15, 0.2) is 47.2 Å². The number of hydrogen-bond acceptors (Lipinski definition) is 7. The van der Waals surface area contributed by atoms with Crippen LogP contribution < -0.4 is 10.6 Å². The molecule has 0 spiro atoms. The highest BCUT2D eigenvalue weighted by Gasteiger charge is 2.30. The van der Waals surface area contributed by atoms with Gasteiger partial charge in [-0.15, -0.1) is 0 Å². The predicted molar refractivity (Wildman–Crippen MR) is 130 cm³/mol. The number of anilines is 1. The Hall–Kier alpha value is -3.73. The lowest BCUT2D eigenvalue weighted by Crippen LogP contribution is -2.45. The molecule has 0 bridgehead atoms. The fraction of sp³-hybridized carbons (Fsp3) is 0.261. The molecule has 1 aliphatic rings. The highest BCUT2D eigenvalue weighted by molar-refractivity contribution is 9.10. The van der Waals surface area contributed by atoms with Crippen molar-refractivity contribution in [3.8, 4) is 5.75 Å². The molecule has 2 amide bonds. The highest BCUT2D eigenvalue weighted by atomic mass is 79.9. The minimum atomic E-state index is -0.546. The first-order valence-electron chi connectivity index (χ1n) is 10.6. The van der Waals surface area contributed by atoms with Crippen molar-refractivity contribution < 1.29 is 19.6 Å². The summed E-state index contributed by atoms with van der Waals surface area (Å²) in [5.74, 6) is -0.758.